The van der Waals surface area contributed by atoms with Gasteiger partial charge < -0.3 is 4.74 Å². The van der Waals surface area contributed by atoms with Gasteiger partial charge in [-0.25, -0.2) is 4.21 Å². The number of carbonyl (C=O) groups is 1. The summed E-state index contributed by atoms with van der Waals surface area (Å²) in [4.78, 5) is 12.8. The Bertz CT molecular complexity index is 692. The summed E-state index contributed by atoms with van der Waals surface area (Å²) in [7, 11) is -1.22. The Kier molecular flexibility index (Phi) is 3.87. The highest BCUT2D eigenvalue weighted by atomic mass is 32.2. The average Bonchev–Trinajstić information content (AvgIpc) is 3.00. The van der Waals surface area contributed by atoms with Crippen molar-refractivity contribution in [1.82, 2.24) is 4.31 Å². The second kappa shape index (κ2) is 5.48. The third-order valence-corrected chi connectivity index (χ3v) is 6.33. The molecule has 1 aromatic rings. The minimum absolute atomic E-state index is 0.181. The fraction of sp³-hybridized carbons (Fsp3) is 0.500. The number of hydrogen-bond donors (Lipinski definition) is 0. The van der Waals surface area contributed by atoms with E-state index in [1.165, 1.54) is 0 Å². The Labute approximate surface area is 140 Å². The van der Waals surface area contributed by atoms with E-state index < -0.39 is 16.4 Å². The maximum absolute atomic E-state index is 12.9. The number of fused-ring (bicyclic) bond motifs is 3. The van der Waals surface area contributed by atoms with Crippen molar-refractivity contribution >= 4 is 17.0 Å². The fourth-order valence-corrected chi connectivity index (χ4v) is 4.76. The van der Waals surface area contributed by atoms with E-state index >= 15 is 0 Å². The highest BCUT2D eigenvalue weighted by molar-refractivity contribution is 7.84. The van der Waals surface area contributed by atoms with Gasteiger partial charge in [0, 0.05) is 6.20 Å². The van der Waals surface area contributed by atoms with Gasteiger partial charge in [0.25, 0.3) is 0 Å². The third kappa shape index (κ3) is 2.33. The Morgan fingerprint density at radius 3 is 2.74 bits per heavy atom. The van der Waals surface area contributed by atoms with Crippen LogP contribution in [0.4, 0.5) is 0 Å². The van der Waals surface area contributed by atoms with Gasteiger partial charge in [0.15, 0.2) is 0 Å². The van der Waals surface area contributed by atoms with E-state index in [0.29, 0.717) is 13.0 Å². The Morgan fingerprint density at radius 2 is 2.09 bits per heavy atom. The normalized spacial score (nSPS) is 26.8. The number of benzene rings is 1. The molecule has 0 N–H and O–H groups in total. The van der Waals surface area contributed by atoms with Gasteiger partial charge in [-0.3, -0.25) is 9.10 Å². The molecule has 1 aromatic carbocycles. The molecule has 1 aliphatic heterocycles. The first-order valence-electron chi connectivity index (χ1n) is 7.97. The van der Waals surface area contributed by atoms with Crippen LogP contribution in [0.3, 0.4) is 0 Å². The summed E-state index contributed by atoms with van der Waals surface area (Å²) >= 11 is 0. The zero-order chi connectivity index (χ0) is 16.8. The lowest BCUT2D eigenvalue weighted by molar-refractivity contribution is -0.148. The molecule has 0 spiro atoms. The van der Waals surface area contributed by atoms with E-state index in [1.54, 1.807) is 0 Å². The van der Waals surface area contributed by atoms with E-state index in [9.17, 15) is 9.00 Å². The van der Waals surface area contributed by atoms with Crippen molar-refractivity contribution in [2.24, 2.45) is 0 Å². The highest BCUT2D eigenvalue weighted by Crippen LogP contribution is 2.48. The first-order chi connectivity index (χ1) is 10.8. The average molecular weight is 333 g/mol. The number of ether oxygens (including phenoxy) is 1. The van der Waals surface area contributed by atoms with Gasteiger partial charge in [-0.1, -0.05) is 24.3 Å². The Morgan fingerprint density at radius 1 is 1.39 bits per heavy atom. The largest absolute Gasteiger partial charge is 0.465 e. The van der Waals surface area contributed by atoms with Crippen LogP contribution in [0.1, 0.15) is 38.8 Å². The molecule has 5 heteroatoms. The molecular weight excluding hydrogens is 310 g/mol. The second-order valence-electron chi connectivity index (χ2n) is 7.00. The first kappa shape index (κ1) is 16.2. The maximum atomic E-state index is 12.9. The summed E-state index contributed by atoms with van der Waals surface area (Å²) in [5.74, 6) is -0.250. The summed E-state index contributed by atoms with van der Waals surface area (Å²) in [5.41, 5.74) is 1.27. The Hall–Kier alpha value is -1.62. The predicted molar refractivity (Wildman–Crippen MR) is 91.1 cm³/mol. The SMILES string of the molecule is CCOC(=O)[C@]12C=CN([S@@](=O)C(C)(C)C)[C@H]1Cc1ccccc12. The zero-order valence-electron chi connectivity index (χ0n) is 14.0. The van der Waals surface area contributed by atoms with Crippen LogP contribution in [0.5, 0.6) is 0 Å². The molecule has 0 saturated heterocycles. The van der Waals surface area contributed by atoms with Crippen LogP contribution in [0.25, 0.3) is 0 Å². The molecule has 0 aromatic heterocycles. The van der Waals surface area contributed by atoms with Crippen molar-refractivity contribution in [2.75, 3.05) is 6.61 Å². The van der Waals surface area contributed by atoms with Gasteiger partial charge in [-0.05, 0) is 51.3 Å². The van der Waals surface area contributed by atoms with E-state index in [2.05, 4.69) is 0 Å². The number of hydrogen-bond acceptors (Lipinski definition) is 3. The minimum atomic E-state index is -1.22. The molecule has 0 saturated carbocycles. The van der Waals surface area contributed by atoms with Gasteiger partial charge in [-0.2, -0.15) is 0 Å². The minimum Gasteiger partial charge on any atom is -0.465 e. The summed E-state index contributed by atoms with van der Waals surface area (Å²) in [5, 5.41) is 0. The molecule has 4 nitrogen and oxygen atoms in total. The molecule has 3 atom stereocenters. The smallest absolute Gasteiger partial charge is 0.322 e. The van der Waals surface area contributed by atoms with Crippen molar-refractivity contribution < 1.29 is 13.7 Å². The summed E-state index contributed by atoms with van der Waals surface area (Å²) < 4.78 is 19.8. The quantitative estimate of drug-likeness (QED) is 0.799. The molecule has 0 unspecified atom stereocenters. The predicted octanol–water partition coefficient (Wildman–Crippen LogP) is 2.70. The number of carbonyl (C=O) groups excluding carboxylic acids is 1. The van der Waals surface area contributed by atoms with Crippen LogP contribution in [0.15, 0.2) is 36.5 Å². The summed E-state index contributed by atoms with van der Waals surface area (Å²) in [6.07, 6.45) is 4.40. The molecular formula is C18H23NO3S. The van der Waals surface area contributed by atoms with Gasteiger partial charge in [0.05, 0.1) is 17.4 Å². The molecule has 0 amide bonds. The van der Waals surface area contributed by atoms with Crippen LogP contribution < -0.4 is 0 Å². The van der Waals surface area contributed by atoms with E-state index in [-0.39, 0.29) is 16.8 Å². The lowest BCUT2D eigenvalue weighted by Gasteiger charge is -2.34. The lowest BCUT2D eigenvalue weighted by Crippen LogP contribution is -2.49. The van der Waals surface area contributed by atoms with Gasteiger partial charge in [0.2, 0.25) is 0 Å². The van der Waals surface area contributed by atoms with E-state index in [1.807, 2.05) is 68.5 Å². The molecule has 124 valence electrons. The molecule has 2 aliphatic rings. The van der Waals surface area contributed by atoms with E-state index in [0.717, 1.165) is 11.1 Å². The third-order valence-electron chi connectivity index (χ3n) is 4.52. The van der Waals surface area contributed by atoms with Crippen molar-refractivity contribution in [2.45, 2.75) is 50.3 Å². The number of rotatable bonds is 3. The van der Waals surface area contributed by atoms with Crippen LogP contribution in [-0.2, 0) is 32.4 Å². The van der Waals surface area contributed by atoms with Crippen LogP contribution in [-0.4, -0.2) is 31.9 Å². The Balaban J connectivity index is 2.08. The number of esters is 1. The van der Waals surface area contributed by atoms with Gasteiger partial charge >= 0.3 is 5.97 Å². The molecule has 1 aliphatic carbocycles. The standard InChI is InChI=1S/C18H23NO3S/c1-5-22-16(20)18-10-11-19(23(21)17(2,3)4)15(18)12-13-8-6-7-9-14(13)18/h6-11,15H,5,12H2,1-4H3/t15-,18-,23-/m0/s1. The molecule has 0 fully saturated rings. The monoisotopic (exact) mass is 333 g/mol. The van der Waals surface area contributed by atoms with Gasteiger partial charge in [0.1, 0.15) is 16.4 Å². The van der Waals surface area contributed by atoms with Crippen LogP contribution in [0.2, 0.25) is 0 Å². The molecule has 0 radical (unpaired) electrons. The maximum Gasteiger partial charge on any atom is 0.322 e. The summed E-state index contributed by atoms with van der Waals surface area (Å²) in [6.45, 7) is 8.00. The van der Waals surface area contributed by atoms with Crippen molar-refractivity contribution in [3.63, 3.8) is 0 Å². The molecule has 3 rings (SSSR count). The topological polar surface area (TPSA) is 46.6 Å². The van der Waals surface area contributed by atoms with Crippen LogP contribution in [0, 0.1) is 0 Å². The van der Waals surface area contributed by atoms with Crippen molar-refractivity contribution in [1.29, 1.82) is 0 Å². The number of nitrogens with zero attached hydrogens (tertiary/aromatic N) is 1. The van der Waals surface area contributed by atoms with Crippen LogP contribution >= 0.6 is 0 Å². The first-order valence-corrected chi connectivity index (χ1v) is 9.08. The fourth-order valence-electron chi connectivity index (χ4n) is 3.49. The van der Waals surface area contributed by atoms with Gasteiger partial charge in [-0.15, -0.1) is 0 Å². The molecule has 0 bridgehead atoms. The molecule has 23 heavy (non-hydrogen) atoms. The molecule has 1 heterocycles. The highest BCUT2D eigenvalue weighted by Gasteiger charge is 2.58. The van der Waals surface area contributed by atoms with E-state index in [4.69, 9.17) is 4.74 Å². The summed E-state index contributed by atoms with van der Waals surface area (Å²) in [6, 6.07) is 7.77. The van der Waals surface area contributed by atoms with Crippen molar-refractivity contribution in [3.05, 3.63) is 47.7 Å². The lowest BCUT2D eigenvalue weighted by atomic mass is 9.80. The van der Waals surface area contributed by atoms with Crippen molar-refractivity contribution in [3.8, 4) is 0 Å². The second-order valence-corrected chi connectivity index (χ2v) is 9.15. The zero-order valence-corrected chi connectivity index (χ0v) is 14.9.